The third-order valence-corrected chi connectivity index (χ3v) is 1.66. The summed E-state index contributed by atoms with van der Waals surface area (Å²) < 4.78 is 0. The molecule has 8 heavy (non-hydrogen) atoms. The molecule has 46 valence electrons. The van der Waals surface area contributed by atoms with Gasteiger partial charge in [0.1, 0.15) is 0 Å². The first-order valence-corrected chi connectivity index (χ1v) is 2.85. The van der Waals surface area contributed by atoms with E-state index in [4.69, 9.17) is 0 Å². The Bertz CT molecular complexity index is 98.2. The third-order valence-electron chi connectivity index (χ3n) is 1.66. The van der Waals surface area contributed by atoms with Crippen molar-refractivity contribution in [2.24, 2.45) is 10.3 Å². The van der Waals surface area contributed by atoms with Crippen LogP contribution < -0.4 is 0 Å². The van der Waals surface area contributed by atoms with Crippen LogP contribution in [0.1, 0.15) is 13.8 Å². The van der Waals surface area contributed by atoms with E-state index in [2.05, 4.69) is 24.2 Å². The van der Waals surface area contributed by atoms with Crippen LogP contribution in [-0.2, 0) is 0 Å². The van der Waals surface area contributed by atoms with Gasteiger partial charge in [0.15, 0.2) is 0 Å². The predicted molar refractivity (Wildman–Crippen MR) is 31.5 cm³/mol. The van der Waals surface area contributed by atoms with Gasteiger partial charge >= 0.3 is 0 Å². The van der Waals surface area contributed by atoms with E-state index in [1.165, 1.54) is 0 Å². The minimum Gasteiger partial charge on any atom is -0.277 e. The minimum absolute atomic E-state index is 0.375. The van der Waals surface area contributed by atoms with Crippen LogP contribution in [-0.4, -0.2) is 24.1 Å². The largest absolute Gasteiger partial charge is 0.277 e. The van der Waals surface area contributed by atoms with Crippen molar-refractivity contribution in [3.05, 3.63) is 0 Å². The SMILES string of the molecule is CC1N=NN(C)C1C. The van der Waals surface area contributed by atoms with Crippen molar-refractivity contribution in [1.82, 2.24) is 5.01 Å². The molecular weight excluding hydrogens is 102 g/mol. The van der Waals surface area contributed by atoms with Gasteiger partial charge in [0.25, 0.3) is 0 Å². The lowest BCUT2D eigenvalue weighted by Crippen LogP contribution is -2.26. The Hall–Kier alpha value is -0.600. The van der Waals surface area contributed by atoms with Gasteiger partial charge in [-0.3, -0.25) is 5.01 Å². The summed E-state index contributed by atoms with van der Waals surface area (Å²) in [5.41, 5.74) is 0. The highest BCUT2D eigenvalue weighted by Gasteiger charge is 2.20. The summed E-state index contributed by atoms with van der Waals surface area (Å²) in [4.78, 5) is 0. The molecule has 0 aromatic rings. The highest BCUT2D eigenvalue weighted by molar-refractivity contribution is 4.75. The Morgan fingerprint density at radius 1 is 1.38 bits per heavy atom. The zero-order chi connectivity index (χ0) is 6.15. The lowest BCUT2D eigenvalue weighted by Gasteiger charge is -2.13. The second kappa shape index (κ2) is 1.73. The topological polar surface area (TPSA) is 28.0 Å². The van der Waals surface area contributed by atoms with Crippen molar-refractivity contribution < 1.29 is 0 Å². The van der Waals surface area contributed by atoms with Gasteiger partial charge in [0.2, 0.25) is 0 Å². The first-order valence-electron chi connectivity index (χ1n) is 2.85. The lowest BCUT2D eigenvalue weighted by molar-refractivity contribution is 0.292. The molecule has 1 aliphatic rings. The molecule has 1 heterocycles. The molecule has 0 N–H and O–H groups in total. The summed E-state index contributed by atoms with van der Waals surface area (Å²) in [6.07, 6.45) is 0. The molecule has 3 nitrogen and oxygen atoms in total. The number of likely N-dealkylation sites (N-methyl/N-ethyl adjacent to an activating group) is 1. The van der Waals surface area contributed by atoms with Crippen LogP contribution in [0.25, 0.3) is 0 Å². The average Bonchev–Trinajstić information content (AvgIpc) is 1.98. The molecular formula is C5H11N3. The second-order valence-corrected chi connectivity index (χ2v) is 2.26. The van der Waals surface area contributed by atoms with E-state index in [1.54, 1.807) is 0 Å². The minimum atomic E-state index is 0.375. The quantitative estimate of drug-likeness (QED) is 0.462. The lowest BCUT2D eigenvalue weighted by atomic mass is 10.2. The maximum atomic E-state index is 3.95. The summed E-state index contributed by atoms with van der Waals surface area (Å²) in [7, 11) is 1.94. The van der Waals surface area contributed by atoms with E-state index in [0.717, 1.165) is 0 Å². The van der Waals surface area contributed by atoms with Crippen LogP contribution in [0.15, 0.2) is 10.3 Å². The van der Waals surface area contributed by atoms with Gasteiger partial charge in [0, 0.05) is 7.05 Å². The molecule has 1 rings (SSSR count). The highest BCUT2D eigenvalue weighted by Crippen LogP contribution is 2.13. The smallest absolute Gasteiger partial charge is 0.0918 e. The monoisotopic (exact) mass is 113 g/mol. The molecule has 2 atom stereocenters. The Morgan fingerprint density at radius 2 is 2.00 bits per heavy atom. The van der Waals surface area contributed by atoms with E-state index in [-0.39, 0.29) is 0 Å². The van der Waals surface area contributed by atoms with Gasteiger partial charge in [-0.2, -0.15) is 5.11 Å². The van der Waals surface area contributed by atoms with Crippen LogP contribution in [0, 0.1) is 0 Å². The first-order chi connectivity index (χ1) is 3.72. The van der Waals surface area contributed by atoms with Crippen molar-refractivity contribution in [2.75, 3.05) is 7.05 Å². The molecule has 0 aromatic carbocycles. The second-order valence-electron chi connectivity index (χ2n) is 2.26. The van der Waals surface area contributed by atoms with Crippen LogP contribution >= 0.6 is 0 Å². The van der Waals surface area contributed by atoms with Crippen molar-refractivity contribution in [1.29, 1.82) is 0 Å². The van der Waals surface area contributed by atoms with Crippen molar-refractivity contribution in [3.8, 4) is 0 Å². The number of nitrogens with zero attached hydrogens (tertiary/aromatic N) is 3. The number of hydrogen-bond acceptors (Lipinski definition) is 3. The van der Waals surface area contributed by atoms with Gasteiger partial charge in [-0.25, -0.2) is 0 Å². The zero-order valence-corrected chi connectivity index (χ0v) is 5.50. The molecule has 0 aliphatic carbocycles. The molecule has 0 bridgehead atoms. The van der Waals surface area contributed by atoms with Crippen molar-refractivity contribution in [3.63, 3.8) is 0 Å². The standard InChI is InChI=1S/C5H11N3/c1-4-5(2)8(3)7-6-4/h4-5H,1-3H3. The van der Waals surface area contributed by atoms with E-state index >= 15 is 0 Å². The fourth-order valence-electron chi connectivity index (χ4n) is 0.653. The van der Waals surface area contributed by atoms with Gasteiger partial charge in [-0.1, -0.05) is 5.22 Å². The third kappa shape index (κ3) is 0.680. The number of hydrogen-bond donors (Lipinski definition) is 0. The fraction of sp³-hybridized carbons (Fsp3) is 1.00. The molecule has 0 saturated carbocycles. The molecule has 2 unspecified atom stereocenters. The average molecular weight is 113 g/mol. The molecule has 0 amide bonds. The van der Waals surface area contributed by atoms with Crippen molar-refractivity contribution >= 4 is 0 Å². The number of rotatable bonds is 0. The maximum Gasteiger partial charge on any atom is 0.0918 e. The summed E-state index contributed by atoms with van der Waals surface area (Å²) >= 11 is 0. The van der Waals surface area contributed by atoms with Crippen LogP contribution in [0.5, 0.6) is 0 Å². The predicted octanol–water partition coefficient (Wildman–Crippen LogP) is 1.08. The molecule has 0 spiro atoms. The maximum absolute atomic E-state index is 3.95. The highest BCUT2D eigenvalue weighted by atomic mass is 15.6. The molecule has 1 aliphatic heterocycles. The van der Waals surface area contributed by atoms with E-state index in [9.17, 15) is 0 Å². The summed E-state index contributed by atoms with van der Waals surface area (Å²) in [6, 6.07) is 0.856. The van der Waals surface area contributed by atoms with Gasteiger partial charge in [-0.15, -0.1) is 0 Å². The van der Waals surface area contributed by atoms with Crippen LogP contribution in [0.2, 0.25) is 0 Å². The Balaban J connectivity index is 2.55. The van der Waals surface area contributed by atoms with E-state index in [1.807, 2.05) is 12.1 Å². The Morgan fingerprint density at radius 3 is 2.12 bits per heavy atom. The van der Waals surface area contributed by atoms with Crippen molar-refractivity contribution in [2.45, 2.75) is 25.9 Å². The van der Waals surface area contributed by atoms with Gasteiger partial charge in [-0.05, 0) is 13.8 Å². The molecule has 0 saturated heterocycles. The Kier molecular flexibility index (Phi) is 1.19. The summed E-state index contributed by atoms with van der Waals surface area (Å²) in [5.74, 6) is 0. The van der Waals surface area contributed by atoms with Gasteiger partial charge < -0.3 is 0 Å². The molecule has 0 fully saturated rings. The summed E-state index contributed by atoms with van der Waals surface area (Å²) in [6.45, 7) is 4.18. The fourth-order valence-corrected chi connectivity index (χ4v) is 0.653. The Labute approximate surface area is 49.4 Å². The van der Waals surface area contributed by atoms with Crippen LogP contribution in [0.3, 0.4) is 0 Å². The molecule has 3 heteroatoms. The first kappa shape index (κ1) is 5.54. The molecule has 0 aromatic heterocycles. The van der Waals surface area contributed by atoms with E-state index < -0.39 is 0 Å². The van der Waals surface area contributed by atoms with Crippen LogP contribution in [0.4, 0.5) is 0 Å². The normalized spacial score (nSPS) is 36.6. The summed E-state index contributed by atoms with van der Waals surface area (Å²) in [5, 5.41) is 9.69. The van der Waals surface area contributed by atoms with E-state index in [0.29, 0.717) is 12.1 Å². The zero-order valence-electron chi connectivity index (χ0n) is 5.50. The van der Waals surface area contributed by atoms with Gasteiger partial charge in [0.05, 0.1) is 12.1 Å². The molecule has 0 radical (unpaired) electrons.